The first-order valence-corrected chi connectivity index (χ1v) is 5.13. The molecule has 0 amide bonds. The number of rotatable bonds is 4. The highest BCUT2D eigenvalue weighted by Crippen LogP contribution is 2.24. The molecule has 3 heteroatoms. The molecule has 78 valence electrons. The van der Waals surface area contributed by atoms with Crippen molar-refractivity contribution in [2.75, 3.05) is 0 Å². The Labute approximate surface area is 83.9 Å². The first-order chi connectivity index (χ1) is 6.63. The molecule has 0 spiro atoms. The van der Waals surface area contributed by atoms with Gasteiger partial charge in [-0.05, 0) is 12.8 Å². The largest absolute Gasteiger partial charge is 0.303 e. The van der Waals surface area contributed by atoms with Crippen LogP contribution in [0.4, 0.5) is 0 Å². The van der Waals surface area contributed by atoms with Crippen LogP contribution < -0.4 is 0 Å². The molecule has 2 unspecified atom stereocenters. The molecule has 1 rings (SSSR count). The summed E-state index contributed by atoms with van der Waals surface area (Å²) in [6.07, 6.45) is 3.74. The van der Waals surface area contributed by atoms with Crippen molar-refractivity contribution in [3.63, 3.8) is 0 Å². The zero-order chi connectivity index (χ0) is 10.6. The van der Waals surface area contributed by atoms with E-state index in [4.69, 9.17) is 0 Å². The van der Waals surface area contributed by atoms with Crippen LogP contribution in [0.2, 0.25) is 0 Å². The van der Waals surface area contributed by atoms with Crippen LogP contribution in [0.25, 0.3) is 0 Å². The average molecular weight is 196 g/mol. The average Bonchev–Trinajstić information content (AvgIpc) is 2.17. The van der Waals surface area contributed by atoms with Gasteiger partial charge in [-0.2, -0.15) is 0 Å². The van der Waals surface area contributed by atoms with Crippen molar-refractivity contribution < 1.29 is 14.4 Å². The lowest BCUT2D eigenvalue weighted by atomic mass is 9.83. The maximum Gasteiger partial charge on any atom is 0.137 e. The predicted octanol–water partition coefficient (Wildman–Crippen LogP) is 1.54. The van der Waals surface area contributed by atoms with E-state index < -0.39 is 0 Å². The third-order valence-electron chi connectivity index (χ3n) is 2.69. The number of carbonyl (C=O) groups is 3. The van der Waals surface area contributed by atoms with Gasteiger partial charge in [0.05, 0.1) is 0 Å². The number of Topliss-reactive ketones (excluding diaryl/α,β-unsaturated/α-hetero) is 2. The summed E-state index contributed by atoms with van der Waals surface area (Å²) in [5.74, 6) is -0.0517. The third kappa shape index (κ3) is 3.05. The van der Waals surface area contributed by atoms with E-state index in [2.05, 4.69) is 0 Å². The minimum atomic E-state index is -0.209. The van der Waals surface area contributed by atoms with Gasteiger partial charge < -0.3 is 4.79 Å². The molecule has 1 aliphatic carbocycles. The minimum Gasteiger partial charge on any atom is -0.303 e. The fourth-order valence-electron chi connectivity index (χ4n) is 1.83. The van der Waals surface area contributed by atoms with Crippen molar-refractivity contribution in [2.24, 2.45) is 11.8 Å². The third-order valence-corrected chi connectivity index (χ3v) is 2.69. The molecule has 0 saturated heterocycles. The summed E-state index contributed by atoms with van der Waals surface area (Å²) in [6, 6.07) is 0. The second-order valence-electron chi connectivity index (χ2n) is 4.12. The lowest BCUT2D eigenvalue weighted by Gasteiger charge is -2.19. The molecule has 0 heterocycles. The summed E-state index contributed by atoms with van der Waals surface area (Å²) in [5.41, 5.74) is 0. The van der Waals surface area contributed by atoms with E-state index in [0.717, 1.165) is 19.1 Å². The van der Waals surface area contributed by atoms with E-state index in [9.17, 15) is 14.4 Å². The molecule has 0 aromatic rings. The summed E-state index contributed by atoms with van der Waals surface area (Å²) in [6.45, 7) is 1.73. The predicted molar refractivity (Wildman–Crippen MR) is 51.8 cm³/mol. The van der Waals surface area contributed by atoms with Crippen LogP contribution in [0.3, 0.4) is 0 Å². The lowest BCUT2D eigenvalue weighted by Crippen LogP contribution is -2.24. The summed E-state index contributed by atoms with van der Waals surface area (Å²) < 4.78 is 0. The standard InChI is InChI=1S/C11H16O3/c1-8(7-12)5-11(14)9-3-2-4-10(13)6-9/h7-9H,2-6H2,1H3. The minimum absolute atomic E-state index is 0.0812. The Kier molecular flexibility index (Phi) is 3.98. The van der Waals surface area contributed by atoms with Crippen LogP contribution in [0.5, 0.6) is 0 Å². The monoisotopic (exact) mass is 196 g/mol. The first-order valence-electron chi connectivity index (χ1n) is 5.13. The highest BCUT2D eigenvalue weighted by molar-refractivity contribution is 5.89. The van der Waals surface area contributed by atoms with Crippen LogP contribution in [0.15, 0.2) is 0 Å². The molecule has 0 aromatic carbocycles. The fourth-order valence-corrected chi connectivity index (χ4v) is 1.83. The van der Waals surface area contributed by atoms with Gasteiger partial charge in [0, 0.05) is 31.1 Å². The van der Waals surface area contributed by atoms with E-state index in [1.165, 1.54) is 0 Å². The molecule has 0 aromatic heterocycles. The van der Waals surface area contributed by atoms with E-state index in [1.807, 2.05) is 0 Å². The Balaban J connectivity index is 2.43. The zero-order valence-corrected chi connectivity index (χ0v) is 8.49. The van der Waals surface area contributed by atoms with Gasteiger partial charge in [-0.1, -0.05) is 6.92 Å². The van der Waals surface area contributed by atoms with Crippen LogP contribution in [-0.4, -0.2) is 17.9 Å². The van der Waals surface area contributed by atoms with Crippen LogP contribution in [0.1, 0.15) is 39.0 Å². The molecule has 1 aliphatic rings. The molecule has 2 atom stereocenters. The molecule has 3 nitrogen and oxygen atoms in total. The Hall–Kier alpha value is -0.990. The van der Waals surface area contributed by atoms with Gasteiger partial charge >= 0.3 is 0 Å². The molecule has 0 aliphatic heterocycles. The Morgan fingerprint density at radius 3 is 2.93 bits per heavy atom. The molecule has 0 bridgehead atoms. The Morgan fingerprint density at radius 1 is 1.64 bits per heavy atom. The maximum atomic E-state index is 11.6. The van der Waals surface area contributed by atoms with E-state index in [1.54, 1.807) is 6.92 Å². The molecule has 1 fully saturated rings. The molecular formula is C11H16O3. The van der Waals surface area contributed by atoms with Gasteiger partial charge in [-0.3, -0.25) is 9.59 Å². The number of ketones is 2. The second-order valence-corrected chi connectivity index (χ2v) is 4.12. The summed E-state index contributed by atoms with van der Waals surface area (Å²) in [4.78, 5) is 33.1. The number of aldehydes is 1. The quantitative estimate of drug-likeness (QED) is 0.641. The molecule has 1 saturated carbocycles. The van der Waals surface area contributed by atoms with Gasteiger partial charge in [0.25, 0.3) is 0 Å². The van der Waals surface area contributed by atoms with Crippen molar-refractivity contribution in [1.82, 2.24) is 0 Å². The van der Waals surface area contributed by atoms with Gasteiger partial charge in [0.2, 0.25) is 0 Å². The second kappa shape index (κ2) is 5.03. The number of hydrogen-bond donors (Lipinski definition) is 0. The van der Waals surface area contributed by atoms with Crippen molar-refractivity contribution in [2.45, 2.75) is 39.0 Å². The highest BCUT2D eigenvalue weighted by Gasteiger charge is 2.26. The summed E-state index contributed by atoms with van der Waals surface area (Å²) in [5, 5.41) is 0. The summed E-state index contributed by atoms with van der Waals surface area (Å²) in [7, 11) is 0. The lowest BCUT2D eigenvalue weighted by molar-refractivity contribution is -0.131. The number of hydrogen-bond acceptors (Lipinski definition) is 3. The molecule has 14 heavy (non-hydrogen) atoms. The van der Waals surface area contributed by atoms with Gasteiger partial charge in [-0.25, -0.2) is 0 Å². The van der Waals surface area contributed by atoms with Crippen LogP contribution in [-0.2, 0) is 14.4 Å². The smallest absolute Gasteiger partial charge is 0.137 e. The fraction of sp³-hybridized carbons (Fsp3) is 0.727. The SMILES string of the molecule is CC(C=O)CC(=O)C1CCCC(=O)C1. The molecule has 0 N–H and O–H groups in total. The van der Waals surface area contributed by atoms with E-state index in [0.29, 0.717) is 19.3 Å². The van der Waals surface area contributed by atoms with Crippen LogP contribution in [0, 0.1) is 11.8 Å². The van der Waals surface area contributed by atoms with E-state index >= 15 is 0 Å². The number of carbonyl (C=O) groups excluding carboxylic acids is 3. The normalized spacial score (nSPS) is 24.4. The van der Waals surface area contributed by atoms with Crippen LogP contribution >= 0.6 is 0 Å². The van der Waals surface area contributed by atoms with Gasteiger partial charge in [0.15, 0.2) is 0 Å². The van der Waals surface area contributed by atoms with Crippen molar-refractivity contribution >= 4 is 17.9 Å². The highest BCUT2D eigenvalue weighted by atomic mass is 16.1. The topological polar surface area (TPSA) is 51.2 Å². The zero-order valence-electron chi connectivity index (χ0n) is 8.49. The maximum absolute atomic E-state index is 11.6. The van der Waals surface area contributed by atoms with Gasteiger partial charge in [0.1, 0.15) is 17.9 Å². The molecular weight excluding hydrogens is 180 g/mol. The van der Waals surface area contributed by atoms with Crippen molar-refractivity contribution in [3.8, 4) is 0 Å². The van der Waals surface area contributed by atoms with E-state index in [-0.39, 0.29) is 23.4 Å². The van der Waals surface area contributed by atoms with Gasteiger partial charge in [-0.15, -0.1) is 0 Å². The molecule has 0 radical (unpaired) electrons. The Morgan fingerprint density at radius 2 is 2.36 bits per heavy atom. The van der Waals surface area contributed by atoms with Crippen molar-refractivity contribution in [1.29, 1.82) is 0 Å². The first kappa shape index (κ1) is 11.1. The Bertz CT molecular complexity index is 245. The summed E-state index contributed by atoms with van der Waals surface area (Å²) >= 11 is 0. The van der Waals surface area contributed by atoms with Crippen molar-refractivity contribution in [3.05, 3.63) is 0 Å².